The molecule has 0 amide bonds. The number of anilines is 3. The molecule has 8 heteroatoms. The first kappa shape index (κ1) is 19.2. The van der Waals surface area contributed by atoms with Crippen molar-refractivity contribution in [3.8, 4) is 11.8 Å². The van der Waals surface area contributed by atoms with Gasteiger partial charge in [0.05, 0.1) is 44.2 Å². The third-order valence-electron chi connectivity index (χ3n) is 4.87. The number of hydrogen-bond acceptors (Lipinski definition) is 7. The van der Waals surface area contributed by atoms with Crippen LogP contribution in [0.1, 0.15) is 24.5 Å². The Bertz CT molecular complexity index is 958. The van der Waals surface area contributed by atoms with Crippen LogP contribution in [0, 0.1) is 17.3 Å². The van der Waals surface area contributed by atoms with Crippen molar-refractivity contribution in [3.63, 3.8) is 0 Å². The molecule has 2 aromatic rings. The molecular weight excluding hydrogens is 368 g/mol. The zero-order chi connectivity index (χ0) is 20.1. The fourth-order valence-electron chi connectivity index (χ4n) is 3.35. The summed E-state index contributed by atoms with van der Waals surface area (Å²) in [6.07, 6.45) is 5.93. The predicted molar refractivity (Wildman–Crippen MR) is 112 cm³/mol. The molecule has 0 bridgehead atoms. The highest BCUT2D eigenvalue weighted by Crippen LogP contribution is 2.27. The average molecular weight is 392 g/mol. The number of ether oxygens (including phenoxy) is 2. The van der Waals surface area contributed by atoms with Crippen LogP contribution in [-0.2, 0) is 9.47 Å². The van der Waals surface area contributed by atoms with Crippen LogP contribution >= 0.6 is 0 Å². The van der Waals surface area contributed by atoms with E-state index < -0.39 is 0 Å². The minimum absolute atomic E-state index is 0.206. The van der Waals surface area contributed by atoms with Crippen molar-refractivity contribution in [1.29, 1.82) is 5.41 Å². The summed E-state index contributed by atoms with van der Waals surface area (Å²) in [5.74, 6) is 8.52. The van der Waals surface area contributed by atoms with Crippen molar-refractivity contribution in [2.24, 2.45) is 0 Å². The number of aromatic amines is 1. The van der Waals surface area contributed by atoms with Gasteiger partial charge in [-0.25, -0.2) is 4.98 Å². The average Bonchev–Trinajstić information content (AvgIpc) is 3.26. The van der Waals surface area contributed by atoms with E-state index in [-0.39, 0.29) is 6.04 Å². The Morgan fingerprint density at radius 1 is 1.34 bits per heavy atom. The number of H-pyrrole nitrogens is 1. The predicted octanol–water partition coefficient (Wildman–Crippen LogP) is 2.47. The number of hydrogen-bond donors (Lipinski definition) is 3. The Morgan fingerprint density at radius 2 is 2.28 bits per heavy atom. The molecule has 1 fully saturated rings. The lowest BCUT2D eigenvalue weighted by Gasteiger charge is -2.34. The summed E-state index contributed by atoms with van der Waals surface area (Å²) in [5, 5.41) is 18.0. The van der Waals surface area contributed by atoms with Crippen LogP contribution in [0.4, 0.5) is 17.5 Å². The summed E-state index contributed by atoms with van der Waals surface area (Å²) in [5.41, 5.74) is 2.35. The van der Waals surface area contributed by atoms with E-state index in [0.717, 1.165) is 36.5 Å². The first-order chi connectivity index (χ1) is 14.2. The minimum Gasteiger partial charge on any atom is -0.377 e. The monoisotopic (exact) mass is 392 g/mol. The second-order valence-electron chi connectivity index (χ2n) is 6.97. The van der Waals surface area contributed by atoms with Gasteiger partial charge in [-0.05, 0) is 19.4 Å². The van der Waals surface area contributed by atoms with Crippen LogP contribution in [0.5, 0.6) is 0 Å². The van der Waals surface area contributed by atoms with E-state index in [4.69, 9.17) is 19.9 Å². The fraction of sp³-hybridized carbons (Fsp3) is 0.381. The summed E-state index contributed by atoms with van der Waals surface area (Å²) in [7, 11) is 0. The van der Waals surface area contributed by atoms with Crippen molar-refractivity contribution < 1.29 is 9.47 Å². The Hall–Kier alpha value is -3.15. The number of rotatable bonds is 4. The quantitative estimate of drug-likeness (QED) is 0.546. The van der Waals surface area contributed by atoms with Gasteiger partial charge < -0.3 is 25.1 Å². The highest BCUT2D eigenvalue weighted by Gasteiger charge is 2.22. The van der Waals surface area contributed by atoms with E-state index in [0.29, 0.717) is 37.0 Å². The number of aromatic nitrogens is 3. The second-order valence-corrected chi connectivity index (χ2v) is 6.97. The van der Waals surface area contributed by atoms with Crippen LogP contribution in [0.2, 0.25) is 0 Å². The van der Waals surface area contributed by atoms with Crippen molar-refractivity contribution in [2.45, 2.75) is 19.4 Å². The van der Waals surface area contributed by atoms with Crippen LogP contribution < -0.4 is 10.2 Å². The van der Waals surface area contributed by atoms with Crippen molar-refractivity contribution >= 4 is 23.7 Å². The molecule has 1 atom stereocenters. The van der Waals surface area contributed by atoms with E-state index in [2.05, 4.69) is 45.3 Å². The summed E-state index contributed by atoms with van der Waals surface area (Å²) < 4.78 is 11.0. The molecule has 3 N–H and O–H groups in total. The Balaban J connectivity index is 1.76. The molecule has 1 saturated heterocycles. The lowest BCUT2D eigenvalue weighted by atomic mass is 10.1. The summed E-state index contributed by atoms with van der Waals surface area (Å²) in [6, 6.07) is 3.98. The summed E-state index contributed by atoms with van der Waals surface area (Å²) in [6.45, 7) is 5.46. The van der Waals surface area contributed by atoms with Gasteiger partial charge in [0.15, 0.2) is 0 Å². The van der Waals surface area contributed by atoms with Gasteiger partial charge in [0.25, 0.3) is 0 Å². The van der Waals surface area contributed by atoms with Gasteiger partial charge >= 0.3 is 0 Å². The molecule has 4 heterocycles. The lowest BCUT2D eigenvalue weighted by Crippen LogP contribution is -2.44. The fourth-order valence-corrected chi connectivity index (χ4v) is 3.35. The number of morpholine rings is 1. The molecule has 2 aromatic heterocycles. The van der Waals surface area contributed by atoms with Gasteiger partial charge in [0, 0.05) is 30.0 Å². The molecule has 0 saturated carbocycles. The normalized spacial score (nSPS) is 19.1. The Kier molecular flexibility index (Phi) is 5.89. The molecule has 150 valence electrons. The molecule has 0 aromatic carbocycles. The largest absolute Gasteiger partial charge is 0.377 e. The minimum atomic E-state index is 0.206. The van der Waals surface area contributed by atoms with Gasteiger partial charge in [0.1, 0.15) is 17.5 Å². The van der Waals surface area contributed by atoms with Gasteiger partial charge in [-0.1, -0.05) is 17.9 Å². The molecule has 29 heavy (non-hydrogen) atoms. The van der Waals surface area contributed by atoms with E-state index in [1.54, 1.807) is 6.20 Å². The molecule has 0 radical (unpaired) electrons. The number of pyridine rings is 1. The van der Waals surface area contributed by atoms with Gasteiger partial charge in [-0.2, -0.15) is 5.10 Å². The molecule has 0 spiro atoms. The third-order valence-corrected chi connectivity index (χ3v) is 4.87. The first-order valence-electron chi connectivity index (χ1n) is 9.69. The SMILES string of the molecule is C[C@@H]1COCCN1c1cc(C#CC2=CCCOC2)c(C=N)c(Nc2ccn[nH]2)n1. The molecular formula is C21H24N6O2. The Morgan fingerprint density at radius 3 is 3.00 bits per heavy atom. The first-order valence-corrected chi connectivity index (χ1v) is 9.69. The topological polar surface area (TPSA) is 99.1 Å². The smallest absolute Gasteiger partial charge is 0.144 e. The zero-order valence-electron chi connectivity index (χ0n) is 16.4. The number of nitrogens with one attached hydrogen (secondary N) is 3. The van der Waals surface area contributed by atoms with E-state index >= 15 is 0 Å². The molecule has 2 aliphatic rings. The Labute approximate surface area is 169 Å². The maximum atomic E-state index is 7.96. The standard InChI is InChI=1S/C21H24N6O2/c1-15-13-29-10-8-27(15)20-11-17(5-4-16-3-2-9-28-14-16)18(12-22)21(25-20)24-19-6-7-23-26-19/h3,6-7,11-12,15,22H,2,8-10,13-14H2,1H3,(H2,23,24,25,26)/t15-/m1/s1. The van der Waals surface area contributed by atoms with Crippen molar-refractivity contribution in [3.05, 3.63) is 41.1 Å². The van der Waals surface area contributed by atoms with Crippen LogP contribution in [-0.4, -0.2) is 60.4 Å². The molecule has 8 nitrogen and oxygen atoms in total. The summed E-state index contributed by atoms with van der Waals surface area (Å²) >= 11 is 0. The third kappa shape index (κ3) is 4.47. The van der Waals surface area contributed by atoms with Gasteiger partial charge in [-0.15, -0.1) is 0 Å². The summed E-state index contributed by atoms with van der Waals surface area (Å²) in [4.78, 5) is 7.01. The van der Waals surface area contributed by atoms with E-state index in [9.17, 15) is 0 Å². The van der Waals surface area contributed by atoms with E-state index in [1.807, 2.05) is 12.1 Å². The zero-order valence-corrected chi connectivity index (χ0v) is 16.4. The highest BCUT2D eigenvalue weighted by molar-refractivity contribution is 5.90. The number of nitrogens with zero attached hydrogens (tertiary/aromatic N) is 3. The molecule has 2 aliphatic heterocycles. The maximum Gasteiger partial charge on any atom is 0.144 e. The van der Waals surface area contributed by atoms with Crippen molar-refractivity contribution in [1.82, 2.24) is 15.2 Å². The van der Waals surface area contributed by atoms with Crippen LogP contribution in [0.15, 0.2) is 30.0 Å². The maximum absolute atomic E-state index is 7.96. The van der Waals surface area contributed by atoms with Crippen LogP contribution in [0.3, 0.4) is 0 Å². The van der Waals surface area contributed by atoms with Crippen LogP contribution in [0.25, 0.3) is 0 Å². The van der Waals surface area contributed by atoms with E-state index in [1.165, 1.54) is 6.21 Å². The second kappa shape index (κ2) is 8.90. The molecule has 0 aliphatic carbocycles. The van der Waals surface area contributed by atoms with Crippen molar-refractivity contribution in [2.75, 3.05) is 43.2 Å². The lowest BCUT2D eigenvalue weighted by molar-refractivity contribution is 0.0985. The highest BCUT2D eigenvalue weighted by atomic mass is 16.5. The molecule has 0 unspecified atom stereocenters. The molecule has 4 rings (SSSR count). The van der Waals surface area contributed by atoms with Gasteiger partial charge in [0.2, 0.25) is 0 Å². The van der Waals surface area contributed by atoms with Gasteiger partial charge in [-0.3, -0.25) is 5.10 Å².